The molecule has 30 nitrogen and oxygen atoms in total. The Bertz CT molecular complexity index is 5240. The van der Waals surface area contributed by atoms with Crippen molar-refractivity contribution >= 4 is 102 Å². The molecule has 3 saturated heterocycles. The Morgan fingerprint density at radius 3 is 0.937 bits per heavy atom. The van der Waals surface area contributed by atoms with Crippen LogP contribution in [0.15, 0.2) is 123 Å². The van der Waals surface area contributed by atoms with Crippen LogP contribution >= 0.6 is 34.0 Å². The van der Waals surface area contributed by atoms with Crippen molar-refractivity contribution in [3.8, 4) is 49.6 Å². The summed E-state index contributed by atoms with van der Waals surface area (Å²) < 4.78 is 70.5. The first-order valence-electron chi connectivity index (χ1n) is 41.8. The van der Waals surface area contributed by atoms with Crippen molar-refractivity contribution in [1.29, 1.82) is 0 Å². The number of rotatable bonds is 24. The lowest BCUT2D eigenvalue weighted by Gasteiger charge is -2.49. The van der Waals surface area contributed by atoms with E-state index in [1.807, 2.05) is 93.6 Å². The monoisotopic (exact) mass is 1780 g/mol. The predicted octanol–water partition coefficient (Wildman–Crippen LogP) is 15.3. The normalized spacial score (nSPS) is 22.9. The number of aromatic nitrogens is 3. The number of oxazole rings is 3. The minimum Gasteiger partial charge on any atom is -0.496 e. The lowest BCUT2D eigenvalue weighted by atomic mass is 9.56. The van der Waals surface area contributed by atoms with E-state index in [9.17, 15) is 48.3 Å². The average Bonchev–Trinajstić information content (AvgIpc) is 1.45. The molecular weight excluding hydrogens is 1680 g/mol. The molecule has 1 N–H and O–H groups in total. The van der Waals surface area contributed by atoms with Crippen LogP contribution in [0, 0.1) is 54.8 Å². The fraction of sp³-hybridized carbons (Fsp3) is 0.484. The predicted molar refractivity (Wildman–Crippen MR) is 470 cm³/mol. The van der Waals surface area contributed by atoms with Gasteiger partial charge in [0.2, 0.25) is 47.2 Å². The van der Waals surface area contributed by atoms with Gasteiger partial charge >= 0.3 is 5.97 Å². The maximum absolute atomic E-state index is 14.5. The van der Waals surface area contributed by atoms with E-state index in [0.29, 0.717) is 126 Å². The van der Waals surface area contributed by atoms with Gasteiger partial charge in [-0.2, -0.15) is 0 Å². The van der Waals surface area contributed by atoms with Crippen LogP contribution in [-0.4, -0.2) is 210 Å². The third kappa shape index (κ3) is 16.9. The van der Waals surface area contributed by atoms with Gasteiger partial charge in [-0.05, 0) is 133 Å². The second-order valence-electron chi connectivity index (χ2n) is 33.4. The molecule has 33 heteroatoms. The highest BCUT2D eigenvalue weighted by Crippen LogP contribution is 2.61. The Labute approximate surface area is 743 Å². The lowest BCUT2D eigenvalue weighted by Crippen LogP contribution is -2.61. The minimum absolute atomic E-state index is 0. The highest BCUT2D eigenvalue weighted by molar-refractivity contribution is 7.21. The first-order valence-corrected chi connectivity index (χ1v) is 44.2. The van der Waals surface area contributed by atoms with Crippen molar-refractivity contribution in [3.63, 3.8) is 0 Å². The number of amides is 5. The Morgan fingerprint density at radius 2 is 0.698 bits per heavy atom. The van der Waals surface area contributed by atoms with E-state index < -0.39 is 52.4 Å². The minimum atomic E-state index is -1.42. The van der Waals surface area contributed by atoms with E-state index in [2.05, 4.69) is 15.0 Å². The Hall–Kier alpha value is -10.6. The lowest BCUT2D eigenvalue weighted by molar-refractivity contribution is -0.152. The molecule has 12 heterocycles. The molecule has 9 aromatic rings. The van der Waals surface area contributed by atoms with Gasteiger partial charge in [-0.3, -0.25) is 57.9 Å². The molecule has 6 aliphatic heterocycles. The molecule has 6 fully saturated rings. The number of carbonyl (C=O) groups is 9. The number of nitrogens with zero attached hydrogens (tertiary/aromatic N) is 8. The number of carbonyl (C=O) groups excluding carboxylic acids is 8. The van der Waals surface area contributed by atoms with Gasteiger partial charge < -0.3 is 70.8 Å². The molecule has 3 aliphatic carbocycles. The third-order valence-electron chi connectivity index (χ3n) is 25.5. The van der Waals surface area contributed by atoms with E-state index in [1.54, 1.807) is 76.6 Å². The number of para-hydroxylation sites is 3. The van der Waals surface area contributed by atoms with Crippen molar-refractivity contribution < 1.29 is 104 Å². The molecule has 126 heavy (non-hydrogen) atoms. The van der Waals surface area contributed by atoms with E-state index in [1.165, 1.54) is 68.8 Å². The highest BCUT2D eigenvalue weighted by atomic mass is 32.1. The van der Waals surface area contributed by atoms with Gasteiger partial charge in [0.25, 0.3) is 0 Å². The fourth-order valence-corrected chi connectivity index (χ4v) is 22.6. The molecule has 18 rings (SSSR count). The SMILES string of the molecule is C.C.COc1ccccc1[C@H](CN1C(=O)C2(CC(C(=O)N(C)C)C2)C(=O)c2c1sc(-c1ncco1)c2C)OC1CCOCC1.COc1ccccc1[C@H](CN1C(=O)C2(CC(C(=O)N(C)C)C2)C(=O)c2c1sc(-c1ncco1)c2C)OC1CCOCC1.COc1ccccc1[C@H](CN1C(=O)C2(CC(C(=O)O)C2)C(=O)c2c1sc(-c1ncco1)c2C)OC1CCOCC1. The number of fused-ring (bicyclic) bond motifs is 3. The zero-order valence-electron chi connectivity index (χ0n) is 70.8. The van der Waals surface area contributed by atoms with Crippen molar-refractivity contribution in [1.82, 2.24) is 24.8 Å². The van der Waals surface area contributed by atoms with Crippen LogP contribution in [0.4, 0.5) is 15.0 Å². The van der Waals surface area contributed by atoms with Gasteiger partial charge in [-0.25, -0.2) is 15.0 Å². The van der Waals surface area contributed by atoms with E-state index in [0.717, 1.165) is 66.3 Å². The maximum Gasteiger partial charge on any atom is 0.306 e. The molecule has 6 aromatic heterocycles. The smallest absolute Gasteiger partial charge is 0.306 e. The number of thiophene rings is 3. The van der Waals surface area contributed by atoms with Gasteiger partial charge in [-0.1, -0.05) is 69.5 Å². The largest absolute Gasteiger partial charge is 0.496 e. The Kier molecular flexibility index (Phi) is 27.7. The Balaban J connectivity index is 0.000000152. The summed E-state index contributed by atoms with van der Waals surface area (Å²) in [5.74, 6) is -1.31. The van der Waals surface area contributed by atoms with Gasteiger partial charge in [0.1, 0.15) is 85.6 Å². The Morgan fingerprint density at radius 1 is 0.437 bits per heavy atom. The summed E-state index contributed by atoms with van der Waals surface area (Å²) in [7, 11) is 11.6. The number of carboxylic acid groups (broad SMARTS) is 1. The number of ketones is 3. The topological polar surface area (TPSA) is 351 Å². The van der Waals surface area contributed by atoms with Gasteiger partial charge in [0.05, 0.1) is 115 Å². The third-order valence-corrected chi connectivity index (χ3v) is 29.4. The van der Waals surface area contributed by atoms with Gasteiger partial charge in [0.15, 0.2) is 17.3 Å². The molecule has 5 amide bonds. The first-order chi connectivity index (χ1) is 59.8. The first kappa shape index (κ1) is 91.6. The molecule has 0 radical (unpaired) electrons. The maximum atomic E-state index is 14.5. The zero-order valence-corrected chi connectivity index (χ0v) is 73.2. The molecule has 3 saturated carbocycles. The van der Waals surface area contributed by atoms with Crippen LogP contribution in [0.25, 0.3) is 32.3 Å². The quantitative estimate of drug-likeness (QED) is 0.0549. The van der Waals surface area contributed by atoms with Crippen molar-refractivity contribution in [3.05, 3.63) is 160 Å². The molecule has 0 bridgehead atoms. The zero-order chi connectivity index (χ0) is 87.2. The number of benzene rings is 3. The van der Waals surface area contributed by atoms with Crippen molar-refractivity contribution in [2.24, 2.45) is 34.0 Å². The van der Waals surface area contributed by atoms with Crippen molar-refractivity contribution in [2.75, 3.05) is 123 Å². The second kappa shape index (κ2) is 38.1. The van der Waals surface area contributed by atoms with Crippen LogP contribution in [0.2, 0.25) is 0 Å². The summed E-state index contributed by atoms with van der Waals surface area (Å²) >= 11 is 3.92. The second-order valence-corrected chi connectivity index (χ2v) is 36.4. The van der Waals surface area contributed by atoms with Crippen LogP contribution in [0.3, 0.4) is 0 Å². The summed E-state index contributed by atoms with van der Waals surface area (Å²) in [5, 5.41) is 11.2. The van der Waals surface area contributed by atoms with Gasteiger partial charge in [-0.15, -0.1) is 34.0 Å². The summed E-state index contributed by atoms with van der Waals surface area (Å²) in [6.45, 7) is 9.65. The summed E-state index contributed by atoms with van der Waals surface area (Å²) in [6, 6.07) is 22.8. The molecule has 670 valence electrons. The number of hydrogen-bond acceptors (Lipinski definition) is 27. The number of methoxy groups -OCH3 is 3. The number of ether oxygens (including phenoxy) is 9. The molecule has 0 unspecified atom stereocenters. The summed E-state index contributed by atoms with van der Waals surface area (Å²) in [4.78, 5) is 146. The van der Waals surface area contributed by atoms with E-state index in [4.69, 9.17) is 55.9 Å². The van der Waals surface area contributed by atoms with Crippen LogP contribution in [-0.2, 0) is 57.2 Å². The summed E-state index contributed by atoms with van der Waals surface area (Å²) in [6.07, 6.45) is 12.4. The fourth-order valence-electron chi connectivity index (χ4n) is 18.8. The van der Waals surface area contributed by atoms with E-state index >= 15 is 0 Å². The van der Waals surface area contributed by atoms with Crippen LogP contribution in [0.5, 0.6) is 17.2 Å². The summed E-state index contributed by atoms with van der Waals surface area (Å²) in [5.41, 5.74) is 1.94. The molecule has 3 aromatic carbocycles. The average molecular weight is 1790 g/mol. The number of hydrogen-bond donors (Lipinski definition) is 1. The standard InChI is InChI=1S/2C31H35N3O7S.C29H30N2O8S.2CH4/c2*1-18-24-26(35)31(15-19(16-31)28(36)33(2)3)30(37)34(29(24)42-25(18)27-32-11-14-40-27)17-23(41-20-9-12-39-13-10-20)21-7-5-6-8-22(21)38-4;1-16-22-24(32)29(13-17(14-29)27(33)34)28(35)31(26(22)40-23(16)25-30-9-12-38-25)15-21(39-18-7-10-37-11-8-18)19-5-3-4-6-20(19)36-2;;/h2*5-8,11,14,19-20,23H,9-10,12-13,15-17H2,1-4H3;3-6,9,12,17-18,21H,7-8,10-11,13-15H2,1-2H3,(H,33,34);2*1H4/t2*19?,23-,31?;17?,21-,29?;;/m000../s1. The molecule has 3 atom stereocenters. The molecule has 9 aliphatic rings. The van der Waals surface area contributed by atoms with Gasteiger partial charge in [0, 0.05) is 96.4 Å². The molecule has 3 spiro atoms. The number of carboxylic acids is 1. The number of aliphatic carboxylic acids is 1. The van der Waals surface area contributed by atoms with E-state index in [-0.39, 0.29) is 144 Å². The van der Waals surface area contributed by atoms with Crippen molar-refractivity contribution in [2.45, 2.75) is 149 Å². The number of anilines is 3. The van der Waals surface area contributed by atoms with Crippen LogP contribution < -0.4 is 28.9 Å². The van der Waals surface area contributed by atoms with Crippen LogP contribution in [0.1, 0.15) is 175 Å². The highest BCUT2D eigenvalue weighted by Gasteiger charge is 2.66. The molecular formula is C93H108N8O22S3. The number of Topliss-reactive ketones (excluding diaryl/α,β-unsaturated/α-hetero) is 3.